The first-order chi connectivity index (χ1) is 7.27. The van der Waals surface area contributed by atoms with Gasteiger partial charge in [-0.1, -0.05) is 12.8 Å². The number of nitrogens with zero attached hydrogens (tertiary/aromatic N) is 1. The van der Waals surface area contributed by atoms with Crippen LogP contribution in [0.2, 0.25) is 0 Å². The molecule has 1 saturated carbocycles. The fourth-order valence-corrected chi connectivity index (χ4v) is 2.32. The quantitative estimate of drug-likeness (QED) is 0.869. The molecule has 0 radical (unpaired) electrons. The average molecular weight is 271 g/mol. The minimum Gasteiger partial charge on any atom is -0.391 e. The van der Waals surface area contributed by atoms with E-state index in [1.54, 1.807) is 6.20 Å². The zero-order valence-electron chi connectivity index (χ0n) is 8.49. The number of pyridine rings is 1. The molecule has 4 heteroatoms. The largest absolute Gasteiger partial charge is 0.391 e. The lowest BCUT2D eigenvalue weighted by molar-refractivity contribution is 0.116. The number of hydrogen-bond donors (Lipinski definition) is 2. The van der Waals surface area contributed by atoms with Crippen molar-refractivity contribution in [1.82, 2.24) is 4.98 Å². The topological polar surface area (TPSA) is 45.1 Å². The molecule has 1 aliphatic carbocycles. The summed E-state index contributed by atoms with van der Waals surface area (Å²) in [5.74, 6) is 0.823. The van der Waals surface area contributed by atoms with Crippen LogP contribution >= 0.6 is 15.9 Å². The van der Waals surface area contributed by atoms with Gasteiger partial charge in [0.05, 0.1) is 16.6 Å². The second-order valence-electron chi connectivity index (χ2n) is 3.94. The number of hydrogen-bond acceptors (Lipinski definition) is 3. The molecule has 0 amide bonds. The number of aliphatic hydroxyl groups excluding tert-OH is 1. The van der Waals surface area contributed by atoms with Gasteiger partial charge in [-0.15, -0.1) is 0 Å². The third-order valence-corrected chi connectivity index (χ3v) is 3.45. The standard InChI is InChI=1S/C11H15BrN2O/c12-8-4-3-7-13-11(8)14-9-5-1-2-6-10(9)15/h3-4,7,9-10,15H,1-2,5-6H2,(H,13,14). The van der Waals surface area contributed by atoms with E-state index in [1.165, 1.54) is 6.42 Å². The minimum atomic E-state index is -0.243. The molecule has 1 aromatic rings. The highest BCUT2D eigenvalue weighted by Gasteiger charge is 2.23. The van der Waals surface area contributed by atoms with Crippen LogP contribution in [0.3, 0.4) is 0 Å². The van der Waals surface area contributed by atoms with Crippen molar-refractivity contribution >= 4 is 21.7 Å². The zero-order valence-corrected chi connectivity index (χ0v) is 10.1. The summed E-state index contributed by atoms with van der Waals surface area (Å²) >= 11 is 3.44. The molecular weight excluding hydrogens is 256 g/mol. The van der Waals surface area contributed by atoms with E-state index in [-0.39, 0.29) is 12.1 Å². The van der Waals surface area contributed by atoms with E-state index in [2.05, 4.69) is 26.2 Å². The van der Waals surface area contributed by atoms with Crippen LogP contribution in [0.1, 0.15) is 25.7 Å². The average Bonchev–Trinajstić information content (AvgIpc) is 2.24. The molecule has 2 unspecified atom stereocenters. The molecule has 82 valence electrons. The normalized spacial score (nSPS) is 26.3. The first kappa shape index (κ1) is 10.9. The maximum absolute atomic E-state index is 9.82. The van der Waals surface area contributed by atoms with E-state index >= 15 is 0 Å². The highest BCUT2D eigenvalue weighted by molar-refractivity contribution is 9.10. The maximum Gasteiger partial charge on any atom is 0.140 e. The Morgan fingerprint density at radius 3 is 2.93 bits per heavy atom. The van der Waals surface area contributed by atoms with Gasteiger partial charge in [-0.25, -0.2) is 4.98 Å². The summed E-state index contributed by atoms with van der Waals surface area (Å²) in [6.45, 7) is 0. The second-order valence-corrected chi connectivity index (χ2v) is 4.79. The predicted molar refractivity (Wildman–Crippen MR) is 63.8 cm³/mol. The van der Waals surface area contributed by atoms with Crippen molar-refractivity contribution in [3.05, 3.63) is 22.8 Å². The maximum atomic E-state index is 9.82. The van der Waals surface area contributed by atoms with E-state index in [0.717, 1.165) is 29.6 Å². The van der Waals surface area contributed by atoms with Gasteiger partial charge in [0, 0.05) is 6.20 Å². The van der Waals surface area contributed by atoms with Crippen LogP contribution in [-0.2, 0) is 0 Å². The molecule has 3 nitrogen and oxygen atoms in total. The van der Waals surface area contributed by atoms with E-state index in [4.69, 9.17) is 0 Å². The van der Waals surface area contributed by atoms with Crippen molar-refractivity contribution in [2.75, 3.05) is 5.32 Å². The Bertz CT molecular complexity index is 332. The number of halogens is 1. The molecule has 0 saturated heterocycles. The molecule has 1 fully saturated rings. The van der Waals surface area contributed by atoms with Crippen molar-refractivity contribution in [2.24, 2.45) is 0 Å². The van der Waals surface area contributed by atoms with Crippen molar-refractivity contribution in [3.8, 4) is 0 Å². The molecule has 1 aromatic heterocycles. The van der Waals surface area contributed by atoms with Gasteiger partial charge in [0.15, 0.2) is 0 Å². The van der Waals surface area contributed by atoms with E-state index < -0.39 is 0 Å². The lowest BCUT2D eigenvalue weighted by Crippen LogP contribution is -2.36. The number of rotatable bonds is 2. The van der Waals surface area contributed by atoms with Crippen LogP contribution in [0.4, 0.5) is 5.82 Å². The fourth-order valence-electron chi connectivity index (χ4n) is 1.95. The third-order valence-electron chi connectivity index (χ3n) is 2.81. The number of aromatic nitrogens is 1. The monoisotopic (exact) mass is 270 g/mol. The highest BCUT2D eigenvalue weighted by atomic mass is 79.9. The van der Waals surface area contributed by atoms with Crippen molar-refractivity contribution in [1.29, 1.82) is 0 Å². The Hall–Kier alpha value is -0.610. The summed E-state index contributed by atoms with van der Waals surface area (Å²) in [4.78, 5) is 4.24. The molecule has 0 spiro atoms. The Kier molecular flexibility index (Phi) is 3.59. The van der Waals surface area contributed by atoms with Gasteiger partial charge in [0.25, 0.3) is 0 Å². The van der Waals surface area contributed by atoms with Crippen LogP contribution < -0.4 is 5.32 Å². The van der Waals surface area contributed by atoms with Crippen LogP contribution in [0.15, 0.2) is 22.8 Å². The fraction of sp³-hybridized carbons (Fsp3) is 0.545. The summed E-state index contributed by atoms with van der Waals surface area (Å²) in [7, 11) is 0. The number of anilines is 1. The Balaban J connectivity index is 2.04. The molecule has 2 N–H and O–H groups in total. The van der Waals surface area contributed by atoms with Crippen LogP contribution in [0.5, 0.6) is 0 Å². The second kappa shape index (κ2) is 4.94. The summed E-state index contributed by atoms with van der Waals surface area (Å²) < 4.78 is 0.947. The molecule has 2 atom stereocenters. The zero-order chi connectivity index (χ0) is 10.7. The summed E-state index contributed by atoms with van der Waals surface area (Å²) in [6, 6.07) is 3.97. The van der Waals surface area contributed by atoms with Crippen molar-refractivity contribution < 1.29 is 5.11 Å². The highest BCUT2D eigenvalue weighted by Crippen LogP contribution is 2.25. The van der Waals surface area contributed by atoms with Crippen LogP contribution in [-0.4, -0.2) is 22.2 Å². The van der Waals surface area contributed by atoms with Crippen molar-refractivity contribution in [3.63, 3.8) is 0 Å². The van der Waals surface area contributed by atoms with Gasteiger partial charge in [-0.2, -0.15) is 0 Å². The van der Waals surface area contributed by atoms with Gasteiger partial charge >= 0.3 is 0 Å². The summed E-state index contributed by atoms with van der Waals surface area (Å²) in [5.41, 5.74) is 0. The minimum absolute atomic E-state index is 0.143. The predicted octanol–water partition coefficient (Wildman–Crippen LogP) is 2.56. The van der Waals surface area contributed by atoms with Crippen LogP contribution in [0.25, 0.3) is 0 Å². The smallest absolute Gasteiger partial charge is 0.140 e. The lowest BCUT2D eigenvalue weighted by atomic mass is 9.92. The molecule has 1 heterocycles. The third kappa shape index (κ3) is 2.69. The summed E-state index contributed by atoms with van der Waals surface area (Å²) in [6.07, 6.45) is 5.73. The molecule has 0 aliphatic heterocycles. The Morgan fingerprint density at radius 1 is 1.40 bits per heavy atom. The molecule has 1 aliphatic rings. The van der Waals surface area contributed by atoms with E-state index in [9.17, 15) is 5.11 Å². The van der Waals surface area contributed by atoms with Gasteiger partial charge in [-0.05, 0) is 40.9 Å². The number of nitrogens with one attached hydrogen (secondary N) is 1. The SMILES string of the molecule is OC1CCCCC1Nc1ncccc1Br. The van der Waals surface area contributed by atoms with Crippen molar-refractivity contribution in [2.45, 2.75) is 37.8 Å². The lowest BCUT2D eigenvalue weighted by Gasteiger charge is -2.28. The van der Waals surface area contributed by atoms with Gasteiger partial charge in [0.1, 0.15) is 5.82 Å². The van der Waals surface area contributed by atoms with Gasteiger partial charge in [0.2, 0.25) is 0 Å². The molecule has 0 bridgehead atoms. The van der Waals surface area contributed by atoms with Gasteiger partial charge in [-0.3, -0.25) is 0 Å². The van der Waals surface area contributed by atoms with E-state index in [0.29, 0.717) is 0 Å². The first-order valence-corrected chi connectivity index (χ1v) is 6.12. The van der Waals surface area contributed by atoms with E-state index in [1.807, 2.05) is 12.1 Å². The molecule has 2 rings (SSSR count). The molecular formula is C11H15BrN2O. The van der Waals surface area contributed by atoms with Gasteiger partial charge < -0.3 is 10.4 Å². The molecule has 15 heavy (non-hydrogen) atoms. The number of aliphatic hydroxyl groups is 1. The Morgan fingerprint density at radius 2 is 2.20 bits per heavy atom. The molecule has 0 aromatic carbocycles. The summed E-state index contributed by atoms with van der Waals surface area (Å²) in [5, 5.41) is 13.1. The first-order valence-electron chi connectivity index (χ1n) is 5.32. The van der Waals surface area contributed by atoms with Crippen LogP contribution in [0, 0.1) is 0 Å². The Labute approximate surface area is 98.0 Å².